The van der Waals surface area contributed by atoms with Gasteiger partial charge in [-0.1, -0.05) is 12.7 Å². The average Bonchev–Trinajstić information content (AvgIpc) is 2.94. The van der Waals surface area contributed by atoms with Crippen molar-refractivity contribution in [3.8, 4) is 0 Å². The number of aliphatic carboxylic acids is 1. The standard InChI is InChI=1S/C9H12O3.C4H6O2/c10-9(11)8-3-1-2-6(8)4-7-5-12-7;1-3-6-4(2)5/h3,6-7H,1-2,4-5H2,(H,10,11);3H,1H2,2H3. The van der Waals surface area contributed by atoms with Crippen molar-refractivity contribution in [1.29, 1.82) is 0 Å². The molecule has 0 saturated carbocycles. The third-order valence-electron chi connectivity index (χ3n) is 2.77. The Balaban J connectivity index is 0.000000232. The van der Waals surface area contributed by atoms with Crippen LogP contribution in [0, 0.1) is 5.92 Å². The van der Waals surface area contributed by atoms with Gasteiger partial charge < -0.3 is 14.6 Å². The number of hydrogen-bond acceptors (Lipinski definition) is 4. The predicted molar refractivity (Wildman–Crippen MR) is 64.8 cm³/mol. The number of esters is 1. The molecular weight excluding hydrogens is 236 g/mol. The summed E-state index contributed by atoms with van der Waals surface area (Å²) in [7, 11) is 0. The van der Waals surface area contributed by atoms with Gasteiger partial charge in [0.1, 0.15) is 0 Å². The first kappa shape index (κ1) is 14.4. The number of rotatable bonds is 4. The van der Waals surface area contributed by atoms with Gasteiger partial charge in [-0.3, -0.25) is 4.79 Å². The minimum Gasteiger partial charge on any atom is -0.478 e. The second kappa shape index (κ2) is 6.96. The average molecular weight is 254 g/mol. The van der Waals surface area contributed by atoms with Crippen molar-refractivity contribution < 1.29 is 24.2 Å². The molecule has 5 heteroatoms. The van der Waals surface area contributed by atoms with E-state index in [0.717, 1.165) is 32.1 Å². The van der Waals surface area contributed by atoms with Gasteiger partial charge in [0.2, 0.25) is 0 Å². The van der Waals surface area contributed by atoms with Gasteiger partial charge >= 0.3 is 11.9 Å². The van der Waals surface area contributed by atoms with E-state index in [2.05, 4.69) is 11.3 Å². The first-order valence-electron chi connectivity index (χ1n) is 5.87. The molecule has 1 aliphatic carbocycles. The Kier molecular flexibility index (Phi) is 5.58. The van der Waals surface area contributed by atoms with Crippen LogP contribution in [0.2, 0.25) is 0 Å². The number of carboxylic acid groups (broad SMARTS) is 1. The van der Waals surface area contributed by atoms with Gasteiger partial charge in [-0.05, 0) is 25.2 Å². The van der Waals surface area contributed by atoms with E-state index < -0.39 is 5.97 Å². The molecule has 1 saturated heterocycles. The fraction of sp³-hybridized carbons (Fsp3) is 0.538. The van der Waals surface area contributed by atoms with Crippen LogP contribution in [0.15, 0.2) is 24.5 Å². The summed E-state index contributed by atoms with van der Waals surface area (Å²) < 4.78 is 9.25. The Morgan fingerprint density at radius 2 is 2.33 bits per heavy atom. The van der Waals surface area contributed by atoms with Crippen molar-refractivity contribution in [2.24, 2.45) is 5.92 Å². The van der Waals surface area contributed by atoms with Crippen molar-refractivity contribution in [2.75, 3.05) is 6.61 Å². The van der Waals surface area contributed by atoms with Crippen LogP contribution in [0.25, 0.3) is 0 Å². The largest absolute Gasteiger partial charge is 0.478 e. The van der Waals surface area contributed by atoms with Crippen LogP contribution in [0.3, 0.4) is 0 Å². The topological polar surface area (TPSA) is 76.1 Å². The summed E-state index contributed by atoms with van der Waals surface area (Å²) in [6.07, 6.45) is 6.09. The molecule has 0 aromatic carbocycles. The molecule has 2 aliphatic rings. The van der Waals surface area contributed by atoms with Crippen LogP contribution in [0.1, 0.15) is 26.2 Å². The van der Waals surface area contributed by atoms with E-state index in [-0.39, 0.29) is 11.9 Å². The number of ether oxygens (including phenoxy) is 2. The lowest BCUT2D eigenvalue weighted by Gasteiger charge is -2.08. The summed E-state index contributed by atoms with van der Waals surface area (Å²) in [6, 6.07) is 0. The Labute approximate surface area is 106 Å². The van der Waals surface area contributed by atoms with Crippen LogP contribution >= 0.6 is 0 Å². The van der Waals surface area contributed by atoms with Gasteiger partial charge in [-0.15, -0.1) is 0 Å². The molecule has 2 rings (SSSR count). The zero-order valence-electron chi connectivity index (χ0n) is 10.4. The molecule has 0 spiro atoms. The monoisotopic (exact) mass is 254 g/mol. The van der Waals surface area contributed by atoms with Crippen LogP contribution in [0.5, 0.6) is 0 Å². The third kappa shape index (κ3) is 5.14. The Morgan fingerprint density at radius 3 is 2.72 bits per heavy atom. The van der Waals surface area contributed by atoms with Gasteiger partial charge in [0, 0.05) is 12.5 Å². The lowest BCUT2D eigenvalue weighted by atomic mass is 9.96. The number of carbonyl (C=O) groups is 2. The molecule has 2 atom stereocenters. The molecule has 0 bridgehead atoms. The predicted octanol–water partition coefficient (Wildman–Crippen LogP) is 1.89. The van der Waals surface area contributed by atoms with Crippen LogP contribution < -0.4 is 0 Å². The van der Waals surface area contributed by atoms with Crippen molar-refractivity contribution in [3.05, 3.63) is 24.5 Å². The summed E-state index contributed by atoms with van der Waals surface area (Å²) in [5.74, 6) is -0.835. The second-order valence-corrected chi connectivity index (χ2v) is 4.21. The van der Waals surface area contributed by atoms with Gasteiger partial charge in [0.25, 0.3) is 0 Å². The molecule has 5 nitrogen and oxygen atoms in total. The SMILES string of the molecule is C=COC(C)=O.O=C(O)C1=CCCC1CC1CO1. The number of allylic oxidation sites excluding steroid dienone is 1. The second-order valence-electron chi connectivity index (χ2n) is 4.21. The van der Waals surface area contributed by atoms with E-state index in [9.17, 15) is 9.59 Å². The third-order valence-corrected chi connectivity index (χ3v) is 2.77. The zero-order chi connectivity index (χ0) is 13.5. The maximum atomic E-state index is 10.7. The smallest absolute Gasteiger partial charge is 0.331 e. The van der Waals surface area contributed by atoms with E-state index >= 15 is 0 Å². The summed E-state index contributed by atoms with van der Waals surface area (Å²) >= 11 is 0. The molecule has 18 heavy (non-hydrogen) atoms. The van der Waals surface area contributed by atoms with E-state index in [4.69, 9.17) is 9.84 Å². The van der Waals surface area contributed by atoms with Crippen molar-refractivity contribution in [1.82, 2.24) is 0 Å². The van der Waals surface area contributed by atoms with Crippen molar-refractivity contribution in [3.63, 3.8) is 0 Å². The maximum Gasteiger partial charge on any atom is 0.331 e. The van der Waals surface area contributed by atoms with Gasteiger partial charge in [-0.2, -0.15) is 0 Å². The number of carbonyl (C=O) groups excluding carboxylic acids is 1. The number of epoxide rings is 1. The molecule has 1 aliphatic heterocycles. The molecule has 0 amide bonds. The zero-order valence-corrected chi connectivity index (χ0v) is 10.4. The van der Waals surface area contributed by atoms with Crippen LogP contribution in [-0.4, -0.2) is 29.8 Å². The Hall–Kier alpha value is -1.62. The molecule has 0 aromatic heterocycles. The van der Waals surface area contributed by atoms with E-state index in [1.54, 1.807) is 0 Å². The van der Waals surface area contributed by atoms with Gasteiger partial charge in [-0.25, -0.2) is 4.79 Å². The van der Waals surface area contributed by atoms with E-state index in [1.165, 1.54) is 6.92 Å². The highest BCUT2D eigenvalue weighted by Gasteiger charge is 2.32. The first-order chi connectivity index (χ1) is 8.54. The molecular formula is C13H18O5. The fourth-order valence-corrected chi connectivity index (χ4v) is 1.91. The molecule has 0 aromatic rings. The first-order valence-corrected chi connectivity index (χ1v) is 5.87. The van der Waals surface area contributed by atoms with Crippen molar-refractivity contribution >= 4 is 11.9 Å². The highest BCUT2D eigenvalue weighted by molar-refractivity contribution is 5.87. The van der Waals surface area contributed by atoms with Crippen LogP contribution in [0.4, 0.5) is 0 Å². The maximum absolute atomic E-state index is 10.7. The van der Waals surface area contributed by atoms with E-state index in [1.807, 2.05) is 6.08 Å². The molecule has 0 radical (unpaired) electrons. The lowest BCUT2D eigenvalue weighted by molar-refractivity contribution is -0.135. The normalized spacial score (nSPS) is 24.4. The Morgan fingerprint density at radius 1 is 1.67 bits per heavy atom. The highest BCUT2D eigenvalue weighted by atomic mass is 16.6. The molecule has 1 heterocycles. The van der Waals surface area contributed by atoms with Gasteiger partial charge in [0.05, 0.1) is 19.0 Å². The van der Waals surface area contributed by atoms with Crippen molar-refractivity contribution in [2.45, 2.75) is 32.3 Å². The lowest BCUT2D eigenvalue weighted by Crippen LogP contribution is -2.10. The summed E-state index contributed by atoms with van der Waals surface area (Å²) in [4.78, 5) is 20.5. The van der Waals surface area contributed by atoms with Crippen LogP contribution in [-0.2, 0) is 19.1 Å². The summed E-state index contributed by atoms with van der Waals surface area (Å²) in [5, 5.41) is 8.81. The molecule has 1 fully saturated rings. The molecule has 2 unspecified atom stereocenters. The minimum absolute atomic E-state index is 0.245. The number of hydrogen-bond donors (Lipinski definition) is 1. The summed E-state index contributed by atoms with van der Waals surface area (Å²) in [5.41, 5.74) is 0.602. The molecule has 1 N–H and O–H groups in total. The quantitative estimate of drug-likeness (QED) is 0.471. The minimum atomic E-state index is -0.752. The summed E-state index contributed by atoms with van der Waals surface area (Å²) in [6.45, 7) is 5.30. The van der Waals surface area contributed by atoms with E-state index in [0.29, 0.717) is 11.7 Å². The fourth-order valence-electron chi connectivity index (χ4n) is 1.91. The molecule has 100 valence electrons. The van der Waals surface area contributed by atoms with Gasteiger partial charge in [0.15, 0.2) is 0 Å². The Bertz CT molecular complexity index is 354. The number of carboxylic acids is 1. The highest BCUT2D eigenvalue weighted by Crippen LogP contribution is 2.33.